The first kappa shape index (κ1) is 9.79. The quantitative estimate of drug-likeness (QED) is 0.793. The lowest BCUT2D eigenvalue weighted by Gasteiger charge is -1.98. The van der Waals surface area contributed by atoms with E-state index in [1.165, 1.54) is 6.07 Å². The highest BCUT2D eigenvalue weighted by Gasteiger charge is 2.13. The molecular formula is C10H7FN2OS. The topological polar surface area (TPSA) is 56.0 Å². The van der Waals surface area contributed by atoms with Crippen LogP contribution in [0, 0.1) is 5.82 Å². The molecule has 0 aliphatic heterocycles. The van der Waals surface area contributed by atoms with Crippen LogP contribution in [0.1, 0.15) is 10.5 Å². The van der Waals surface area contributed by atoms with Crippen LogP contribution in [0.5, 0.6) is 0 Å². The zero-order chi connectivity index (χ0) is 10.8. The van der Waals surface area contributed by atoms with E-state index in [0.29, 0.717) is 16.7 Å². The molecule has 0 fully saturated rings. The molecule has 0 amide bonds. The van der Waals surface area contributed by atoms with E-state index in [-0.39, 0.29) is 16.6 Å². The Labute approximate surface area is 89.4 Å². The minimum atomic E-state index is -0.385. The summed E-state index contributed by atoms with van der Waals surface area (Å²) in [5.41, 5.74) is 6.01. The fourth-order valence-electron chi connectivity index (χ4n) is 1.27. The lowest BCUT2D eigenvalue weighted by Crippen LogP contribution is -1.87. The Balaban J connectivity index is 2.63. The zero-order valence-corrected chi connectivity index (χ0v) is 8.42. The predicted molar refractivity (Wildman–Crippen MR) is 57.3 cm³/mol. The molecule has 0 atom stereocenters. The van der Waals surface area contributed by atoms with Gasteiger partial charge in [-0.3, -0.25) is 4.79 Å². The third kappa shape index (κ3) is 1.73. The van der Waals surface area contributed by atoms with Crippen molar-refractivity contribution in [3.8, 4) is 10.4 Å². The number of halogens is 1. The van der Waals surface area contributed by atoms with E-state index in [2.05, 4.69) is 4.98 Å². The van der Waals surface area contributed by atoms with Gasteiger partial charge in [0, 0.05) is 5.56 Å². The molecule has 0 spiro atoms. The summed E-state index contributed by atoms with van der Waals surface area (Å²) in [6.45, 7) is 0. The van der Waals surface area contributed by atoms with Crippen LogP contribution in [-0.2, 0) is 0 Å². The van der Waals surface area contributed by atoms with Gasteiger partial charge in [0.25, 0.3) is 0 Å². The van der Waals surface area contributed by atoms with E-state index in [4.69, 9.17) is 5.73 Å². The first-order valence-corrected chi connectivity index (χ1v) is 5.00. The first-order valence-electron chi connectivity index (χ1n) is 4.18. The molecule has 1 heterocycles. The summed E-state index contributed by atoms with van der Waals surface area (Å²) in [7, 11) is 0. The van der Waals surface area contributed by atoms with Crippen LogP contribution in [0.3, 0.4) is 0 Å². The van der Waals surface area contributed by atoms with E-state index in [1.54, 1.807) is 18.2 Å². The SMILES string of the molecule is Nc1nc(C=O)c(-c2ccccc2F)s1. The van der Waals surface area contributed by atoms with Crippen LogP contribution in [0.15, 0.2) is 24.3 Å². The van der Waals surface area contributed by atoms with Crippen molar-refractivity contribution in [2.45, 2.75) is 0 Å². The number of carbonyl (C=O) groups excluding carboxylic acids is 1. The summed E-state index contributed by atoms with van der Waals surface area (Å²) in [6.07, 6.45) is 0.578. The maximum atomic E-state index is 13.4. The van der Waals surface area contributed by atoms with Gasteiger partial charge in [-0.25, -0.2) is 9.37 Å². The summed E-state index contributed by atoms with van der Waals surface area (Å²) < 4.78 is 13.4. The minimum Gasteiger partial charge on any atom is -0.375 e. The fraction of sp³-hybridized carbons (Fsp3) is 0. The number of benzene rings is 1. The number of hydrogen-bond acceptors (Lipinski definition) is 4. The standard InChI is InChI=1S/C10H7FN2OS/c11-7-4-2-1-3-6(7)9-8(5-14)13-10(12)15-9/h1-5H,(H2,12,13). The first-order chi connectivity index (χ1) is 7.22. The minimum absolute atomic E-state index is 0.183. The maximum absolute atomic E-state index is 13.4. The average molecular weight is 222 g/mol. The predicted octanol–water partition coefficient (Wildman–Crippen LogP) is 2.34. The second kappa shape index (κ2) is 3.78. The molecule has 15 heavy (non-hydrogen) atoms. The van der Waals surface area contributed by atoms with Crippen molar-refractivity contribution < 1.29 is 9.18 Å². The van der Waals surface area contributed by atoms with Crippen LogP contribution >= 0.6 is 11.3 Å². The van der Waals surface area contributed by atoms with Gasteiger partial charge in [-0.1, -0.05) is 29.5 Å². The molecule has 3 nitrogen and oxygen atoms in total. The molecule has 1 aromatic heterocycles. The van der Waals surface area contributed by atoms with E-state index in [1.807, 2.05) is 0 Å². The van der Waals surface area contributed by atoms with Gasteiger partial charge < -0.3 is 5.73 Å². The number of nitrogens with zero attached hydrogens (tertiary/aromatic N) is 1. The van der Waals surface area contributed by atoms with E-state index in [9.17, 15) is 9.18 Å². The molecule has 0 radical (unpaired) electrons. The maximum Gasteiger partial charge on any atom is 0.181 e. The molecule has 2 N–H and O–H groups in total. The van der Waals surface area contributed by atoms with Gasteiger partial charge >= 0.3 is 0 Å². The van der Waals surface area contributed by atoms with E-state index < -0.39 is 0 Å². The Hall–Kier alpha value is -1.75. The van der Waals surface area contributed by atoms with Crippen molar-refractivity contribution in [2.75, 3.05) is 5.73 Å². The molecule has 0 saturated heterocycles. The van der Waals surface area contributed by atoms with Gasteiger partial charge in [-0.05, 0) is 6.07 Å². The van der Waals surface area contributed by atoms with Crippen molar-refractivity contribution in [1.29, 1.82) is 0 Å². The number of aldehydes is 1. The third-order valence-electron chi connectivity index (χ3n) is 1.90. The summed E-state index contributed by atoms with van der Waals surface area (Å²) in [5.74, 6) is -0.385. The molecule has 0 aliphatic carbocycles. The molecule has 0 saturated carbocycles. The summed E-state index contributed by atoms with van der Waals surface area (Å²) >= 11 is 1.10. The van der Waals surface area contributed by atoms with Crippen molar-refractivity contribution in [1.82, 2.24) is 4.98 Å². The van der Waals surface area contributed by atoms with Crippen molar-refractivity contribution in [3.05, 3.63) is 35.8 Å². The number of hydrogen-bond donors (Lipinski definition) is 1. The lowest BCUT2D eigenvalue weighted by molar-refractivity contribution is 0.112. The number of aromatic nitrogens is 1. The number of carbonyl (C=O) groups is 1. The molecule has 0 unspecified atom stereocenters. The van der Waals surface area contributed by atoms with E-state index in [0.717, 1.165) is 11.3 Å². The molecular weight excluding hydrogens is 215 g/mol. The Morgan fingerprint density at radius 2 is 2.13 bits per heavy atom. The number of nitrogen functional groups attached to an aromatic ring is 1. The second-order valence-corrected chi connectivity index (χ2v) is 3.89. The van der Waals surface area contributed by atoms with Crippen LogP contribution in [0.4, 0.5) is 9.52 Å². The largest absolute Gasteiger partial charge is 0.375 e. The Morgan fingerprint density at radius 3 is 2.80 bits per heavy atom. The summed E-state index contributed by atoms with van der Waals surface area (Å²) in [5, 5.41) is 0.260. The lowest BCUT2D eigenvalue weighted by atomic mass is 10.1. The fourth-order valence-corrected chi connectivity index (χ4v) is 2.09. The number of nitrogens with two attached hydrogens (primary N) is 1. The number of thiazole rings is 1. The molecule has 0 aliphatic rings. The van der Waals surface area contributed by atoms with Gasteiger partial charge in [0.15, 0.2) is 11.4 Å². The molecule has 2 rings (SSSR count). The summed E-state index contributed by atoms with van der Waals surface area (Å²) in [6, 6.07) is 6.21. The number of rotatable bonds is 2. The van der Waals surface area contributed by atoms with Gasteiger partial charge in [0.05, 0.1) is 4.88 Å². The Bertz CT molecular complexity index is 510. The van der Waals surface area contributed by atoms with Crippen LogP contribution < -0.4 is 5.73 Å². The van der Waals surface area contributed by atoms with E-state index >= 15 is 0 Å². The molecule has 76 valence electrons. The monoisotopic (exact) mass is 222 g/mol. The molecule has 1 aromatic carbocycles. The van der Waals surface area contributed by atoms with Gasteiger partial charge in [-0.2, -0.15) is 0 Å². The van der Waals surface area contributed by atoms with Crippen LogP contribution in [-0.4, -0.2) is 11.3 Å². The van der Waals surface area contributed by atoms with Crippen LogP contribution in [0.25, 0.3) is 10.4 Å². The van der Waals surface area contributed by atoms with Crippen molar-refractivity contribution in [2.24, 2.45) is 0 Å². The smallest absolute Gasteiger partial charge is 0.181 e. The van der Waals surface area contributed by atoms with Crippen molar-refractivity contribution >= 4 is 22.8 Å². The highest BCUT2D eigenvalue weighted by Crippen LogP contribution is 2.32. The average Bonchev–Trinajstić information content (AvgIpc) is 2.60. The van der Waals surface area contributed by atoms with Gasteiger partial charge in [-0.15, -0.1) is 0 Å². The highest BCUT2D eigenvalue weighted by atomic mass is 32.1. The highest BCUT2D eigenvalue weighted by molar-refractivity contribution is 7.19. The Morgan fingerprint density at radius 1 is 1.40 bits per heavy atom. The zero-order valence-electron chi connectivity index (χ0n) is 7.61. The molecule has 5 heteroatoms. The van der Waals surface area contributed by atoms with Crippen LogP contribution in [0.2, 0.25) is 0 Å². The Kier molecular flexibility index (Phi) is 2.47. The normalized spacial score (nSPS) is 10.2. The molecule has 2 aromatic rings. The van der Waals surface area contributed by atoms with Gasteiger partial charge in [0.2, 0.25) is 0 Å². The third-order valence-corrected chi connectivity index (χ3v) is 2.83. The summed E-state index contributed by atoms with van der Waals surface area (Å²) in [4.78, 5) is 15.0. The second-order valence-electron chi connectivity index (χ2n) is 2.86. The van der Waals surface area contributed by atoms with Crippen molar-refractivity contribution in [3.63, 3.8) is 0 Å². The molecule has 0 bridgehead atoms. The number of anilines is 1. The van der Waals surface area contributed by atoms with Gasteiger partial charge in [0.1, 0.15) is 11.5 Å².